The number of hydrogen-bond acceptors (Lipinski definition) is 3. The molecule has 0 aliphatic heterocycles. The third-order valence-electron chi connectivity index (χ3n) is 1.81. The quantitative estimate of drug-likeness (QED) is 0.349. The number of hydrazone groups is 1. The molecule has 0 bridgehead atoms. The molecule has 10 heavy (non-hydrogen) atoms. The van der Waals surface area contributed by atoms with Gasteiger partial charge >= 0.3 is 0 Å². The lowest BCUT2D eigenvalue weighted by atomic mass is 10.0. The van der Waals surface area contributed by atoms with Crippen LogP contribution < -0.4 is 5.84 Å². The van der Waals surface area contributed by atoms with Crippen LogP contribution in [-0.4, -0.2) is 18.5 Å². The van der Waals surface area contributed by atoms with Crippen molar-refractivity contribution in [2.45, 2.75) is 20.8 Å². The molecule has 0 rings (SSSR count). The molecule has 0 radical (unpaired) electrons. The lowest BCUT2D eigenvalue weighted by molar-refractivity contribution is 1.01. The first kappa shape index (κ1) is 9.14. The van der Waals surface area contributed by atoms with Crippen LogP contribution in [0.5, 0.6) is 0 Å². The highest BCUT2D eigenvalue weighted by molar-refractivity contribution is 6.04. The molecule has 3 heteroatoms. The molecule has 2 N–H and O–H groups in total. The van der Waals surface area contributed by atoms with Crippen molar-refractivity contribution in [3.8, 4) is 0 Å². The fourth-order valence-corrected chi connectivity index (χ4v) is 0.608. The maximum Gasteiger partial charge on any atom is 0.0428 e. The molecule has 0 aromatic heterocycles. The molecule has 0 saturated heterocycles. The second-order valence-corrected chi connectivity index (χ2v) is 2.36. The summed E-state index contributed by atoms with van der Waals surface area (Å²) in [7, 11) is 1.77. The van der Waals surface area contributed by atoms with Crippen molar-refractivity contribution < 1.29 is 0 Å². The topological polar surface area (TPSA) is 50.7 Å². The lowest BCUT2D eigenvalue weighted by Crippen LogP contribution is -2.17. The molecule has 0 fully saturated rings. The average Bonchev–Trinajstić information content (AvgIpc) is 2.00. The Morgan fingerprint density at radius 2 is 1.80 bits per heavy atom. The lowest BCUT2D eigenvalue weighted by Gasteiger charge is -2.08. The number of aliphatic imine (C=N–C) groups is 1. The summed E-state index contributed by atoms with van der Waals surface area (Å²) in [5.41, 5.74) is 1.98. The van der Waals surface area contributed by atoms with Crippen LogP contribution in [0.15, 0.2) is 10.1 Å². The zero-order chi connectivity index (χ0) is 8.15. The number of nitrogens with zero attached hydrogens (tertiary/aromatic N) is 2. The maximum absolute atomic E-state index is 5.10. The van der Waals surface area contributed by atoms with Crippen molar-refractivity contribution in [1.82, 2.24) is 0 Å². The Morgan fingerprint density at radius 3 is 2.10 bits per heavy atom. The van der Waals surface area contributed by atoms with Crippen LogP contribution in [-0.2, 0) is 0 Å². The molecular weight excluding hydrogens is 126 g/mol. The van der Waals surface area contributed by atoms with E-state index >= 15 is 0 Å². The van der Waals surface area contributed by atoms with Gasteiger partial charge in [0.15, 0.2) is 0 Å². The van der Waals surface area contributed by atoms with Crippen LogP contribution in [0.25, 0.3) is 0 Å². The van der Waals surface area contributed by atoms with E-state index in [4.69, 9.17) is 5.84 Å². The molecule has 3 nitrogen and oxygen atoms in total. The van der Waals surface area contributed by atoms with Crippen molar-refractivity contribution in [2.24, 2.45) is 21.9 Å². The fraction of sp³-hybridized carbons (Fsp3) is 0.714. The van der Waals surface area contributed by atoms with E-state index in [-0.39, 0.29) is 5.92 Å². The normalized spacial score (nSPS) is 17.2. The first-order valence-electron chi connectivity index (χ1n) is 3.31. The highest BCUT2D eigenvalue weighted by Gasteiger charge is 2.07. The third-order valence-corrected chi connectivity index (χ3v) is 1.81. The number of nitrogens with two attached hydrogens (primary N) is 1. The van der Waals surface area contributed by atoms with Crippen molar-refractivity contribution in [2.75, 3.05) is 7.05 Å². The largest absolute Gasteiger partial charge is 0.323 e. The van der Waals surface area contributed by atoms with E-state index in [1.807, 2.05) is 20.8 Å². The molecular formula is C7H15N3. The molecule has 0 aromatic carbocycles. The fourth-order valence-electron chi connectivity index (χ4n) is 0.608. The van der Waals surface area contributed by atoms with Gasteiger partial charge in [-0.15, -0.1) is 0 Å². The van der Waals surface area contributed by atoms with Crippen LogP contribution in [0.1, 0.15) is 20.8 Å². The monoisotopic (exact) mass is 141 g/mol. The van der Waals surface area contributed by atoms with Crippen LogP contribution >= 0.6 is 0 Å². The maximum atomic E-state index is 5.10. The van der Waals surface area contributed by atoms with E-state index in [0.717, 1.165) is 11.4 Å². The Morgan fingerprint density at radius 1 is 1.30 bits per heavy atom. The predicted octanol–water partition coefficient (Wildman–Crippen LogP) is 1.05. The molecule has 0 saturated carbocycles. The summed E-state index contributed by atoms with van der Waals surface area (Å²) < 4.78 is 0. The zero-order valence-corrected chi connectivity index (χ0v) is 7.05. The van der Waals surface area contributed by atoms with Gasteiger partial charge in [0.2, 0.25) is 0 Å². The summed E-state index contributed by atoms with van der Waals surface area (Å²) >= 11 is 0. The zero-order valence-electron chi connectivity index (χ0n) is 7.05. The van der Waals surface area contributed by atoms with Gasteiger partial charge in [-0.3, -0.25) is 4.99 Å². The van der Waals surface area contributed by atoms with Gasteiger partial charge in [-0.05, 0) is 13.8 Å². The van der Waals surface area contributed by atoms with E-state index in [2.05, 4.69) is 10.1 Å². The summed E-state index contributed by atoms with van der Waals surface area (Å²) in [6.07, 6.45) is 0. The Labute approximate surface area is 62.0 Å². The van der Waals surface area contributed by atoms with Gasteiger partial charge in [-0.1, -0.05) is 6.92 Å². The van der Waals surface area contributed by atoms with Gasteiger partial charge in [0.1, 0.15) is 0 Å². The van der Waals surface area contributed by atoms with Crippen molar-refractivity contribution in [1.29, 1.82) is 0 Å². The predicted molar refractivity (Wildman–Crippen MR) is 45.5 cm³/mol. The van der Waals surface area contributed by atoms with Crippen LogP contribution in [0, 0.1) is 5.92 Å². The van der Waals surface area contributed by atoms with Crippen LogP contribution in [0.4, 0.5) is 0 Å². The summed E-state index contributed by atoms with van der Waals surface area (Å²) in [6, 6.07) is 0. The summed E-state index contributed by atoms with van der Waals surface area (Å²) in [5, 5.41) is 3.59. The average molecular weight is 141 g/mol. The second-order valence-electron chi connectivity index (χ2n) is 2.36. The Bertz CT molecular complexity index is 140. The molecule has 1 unspecified atom stereocenters. The van der Waals surface area contributed by atoms with Crippen molar-refractivity contribution >= 4 is 11.4 Å². The third kappa shape index (κ3) is 2.17. The van der Waals surface area contributed by atoms with Crippen LogP contribution in [0.3, 0.4) is 0 Å². The molecule has 0 aromatic rings. The minimum atomic E-state index is 0.273. The van der Waals surface area contributed by atoms with Gasteiger partial charge in [-0.25, -0.2) is 0 Å². The smallest absolute Gasteiger partial charge is 0.0428 e. The summed E-state index contributed by atoms with van der Waals surface area (Å²) in [5.74, 6) is 5.37. The minimum absolute atomic E-state index is 0.273. The number of rotatable bonds is 2. The first-order valence-corrected chi connectivity index (χ1v) is 3.31. The molecule has 58 valence electrons. The standard InChI is InChI=1S/C7H15N3/c1-5(6(2)9-4)7(3)10-8/h5H,8H2,1-4H3/b9-6?,10-7-. The van der Waals surface area contributed by atoms with Gasteiger partial charge in [0.05, 0.1) is 0 Å². The van der Waals surface area contributed by atoms with Gasteiger partial charge < -0.3 is 5.84 Å². The van der Waals surface area contributed by atoms with E-state index in [1.165, 1.54) is 0 Å². The summed E-state index contributed by atoms with van der Waals surface area (Å²) in [6.45, 7) is 5.91. The van der Waals surface area contributed by atoms with E-state index < -0.39 is 0 Å². The molecule has 0 amide bonds. The van der Waals surface area contributed by atoms with E-state index in [1.54, 1.807) is 7.05 Å². The van der Waals surface area contributed by atoms with Crippen molar-refractivity contribution in [3.63, 3.8) is 0 Å². The SMILES string of the molecule is CN=C(C)C(C)/C(C)=N\N. The highest BCUT2D eigenvalue weighted by Crippen LogP contribution is 2.00. The molecule has 0 heterocycles. The Balaban J connectivity index is 4.22. The molecule has 0 aliphatic rings. The Kier molecular flexibility index (Phi) is 3.69. The minimum Gasteiger partial charge on any atom is -0.323 e. The first-order chi connectivity index (χ1) is 4.63. The van der Waals surface area contributed by atoms with E-state index in [0.29, 0.717) is 0 Å². The molecule has 0 spiro atoms. The second kappa shape index (κ2) is 4.04. The molecule has 1 atom stereocenters. The van der Waals surface area contributed by atoms with Crippen molar-refractivity contribution in [3.05, 3.63) is 0 Å². The highest BCUT2D eigenvalue weighted by atomic mass is 15.1. The van der Waals surface area contributed by atoms with Crippen LogP contribution in [0.2, 0.25) is 0 Å². The van der Waals surface area contributed by atoms with E-state index in [9.17, 15) is 0 Å². The molecule has 0 aliphatic carbocycles. The number of hydrogen-bond donors (Lipinski definition) is 1. The van der Waals surface area contributed by atoms with Gasteiger partial charge in [0, 0.05) is 24.4 Å². The summed E-state index contributed by atoms with van der Waals surface area (Å²) in [4.78, 5) is 4.04. The Hall–Kier alpha value is -0.860. The van der Waals surface area contributed by atoms with Gasteiger partial charge in [-0.2, -0.15) is 5.10 Å². The van der Waals surface area contributed by atoms with Gasteiger partial charge in [0.25, 0.3) is 0 Å².